The van der Waals surface area contributed by atoms with E-state index < -0.39 is 0 Å². The van der Waals surface area contributed by atoms with Gasteiger partial charge in [0.2, 0.25) is 0 Å². The second-order valence-corrected chi connectivity index (χ2v) is 4.28. The topological polar surface area (TPSA) is 26.3 Å². The van der Waals surface area contributed by atoms with Crippen LogP contribution in [0, 0.1) is 5.82 Å². The summed E-state index contributed by atoms with van der Waals surface area (Å²) in [5, 5.41) is 0. The first-order valence-corrected chi connectivity index (χ1v) is 5.64. The Morgan fingerprint density at radius 1 is 1.29 bits per heavy atom. The number of aldehydes is 1. The van der Waals surface area contributed by atoms with E-state index in [0.29, 0.717) is 17.1 Å². The Labute approximate surface area is 98.4 Å². The number of rotatable bonds is 1. The van der Waals surface area contributed by atoms with Crippen molar-refractivity contribution in [2.24, 2.45) is 0 Å². The van der Waals surface area contributed by atoms with Crippen LogP contribution in [0.25, 0.3) is 6.08 Å². The zero-order valence-electron chi connectivity index (χ0n) is 9.20. The fourth-order valence-corrected chi connectivity index (χ4v) is 2.30. The molecule has 3 rings (SSSR count). The molecule has 0 aromatic heterocycles. The number of fused-ring (bicyclic) bond motifs is 2. The van der Waals surface area contributed by atoms with Crippen molar-refractivity contribution in [1.29, 1.82) is 0 Å². The SMILES string of the molecule is O=CC1=C2Oc3cc(F)ccc3C=C2CCC1. The predicted octanol–water partition coefficient (Wildman–Crippen LogP) is 3.24. The molecule has 0 radical (unpaired) electrons. The van der Waals surface area contributed by atoms with Crippen molar-refractivity contribution in [2.45, 2.75) is 19.3 Å². The van der Waals surface area contributed by atoms with Crippen molar-refractivity contribution in [3.05, 3.63) is 46.5 Å². The molecule has 0 atom stereocenters. The van der Waals surface area contributed by atoms with Gasteiger partial charge in [0.25, 0.3) is 0 Å². The lowest BCUT2D eigenvalue weighted by Crippen LogP contribution is -2.13. The Hall–Kier alpha value is -1.90. The lowest BCUT2D eigenvalue weighted by atomic mass is 9.91. The van der Waals surface area contributed by atoms with Gasteiger partial charge in [0, 0.05) is 17.2 Å². The average Bonchev–Trinajstić information content (AvgIpc) is 2.35. The molecule has 1 aliphatic carbocycles. The van der Waals surface area contributed by atoms with Crippen molar-refractivity contribution in [1.82, 2.24) is 0 Å². The zero-order valence-corrected chi connectivity index (χ0v) is 9.20. The third-order valence-corrected chi connectivity index (χ3v) is 3.14. The predicted molar refractivity (Wildman–Crippen MR) is 61.9 cm³/mol. The van der Waals surface area contributed by atoms with Gasteiger partial charge < -0.3 is 4.74 Å². The molecule has 2 nitrogen and oxygen atoms in total. The molecule has 1 aromatic rings. The molecule has 0 bridgehead atoms. The molecule has 17 heavy (non-hydrogen) atoms. The summed E-state index contributed by atoms with van der Waals surface area (Å²) in [6.07, 6.45) is 5.43. The van der Waals surface area contributed by atoms with Gasteiger partial charge in [0.1, 0.15) is 23.6 Å². The van der Waals surface area contributed by atoms with E-state index in [4.69, 9.17) is 4.74 Å². The van der Waals surface area contributed by atoms with Gasteiger partial charge in [0.05, 0.1) is 0 Å². The molecule has 0 spiro atoms. The summed E-state index contributed by atoms with van der Waals surface area (Å²) >= 11 is 0. The van der Waals surface area contributed by atoms with Gasteiger partial charge in [-0.25, -0.2) is 4.39 Å². The second-order valence-electron chi connectivity index (χ2n) is 4.28. The summed E-state index contributed by atoms with van der Waals surface area (Å²) in [6, 6.07) is 4.47. The van der Waals surface area contributed by atoms with Crippen molar-refractivity contribution in [3.63, 3.8) is 0 Å². The van der Waals surface area contributed by atoms with Crippen molar-refractivity contribution >= 4 is 12.4 Å². The molecule has 0 N–H and O–H groups in total. The highest BCUT2D eigenvalue weighted by molar-refractivity contribution is 5.79. The lowest BCUT2D eigenvalue weighted by molar-refractivity contribution is -0.105. The zero-order chi connectivity index (χ0) is 11.8. The number of ether oxygens (including phenoxy) is 1. The van der Waals surface area contributed by atoms with E-state index >= 15 is 0 Å². The Morgan fingerprint density at radius 3 is 3.00 bits per heavy atom. The van der Waals surface area contributed by atoms with Crippen LogP contribution in [0.2, 0.25) is 0 Å². The molecule has 1 aliphatic heterocycles. The van der Waals surface area contributed by atoms with Crippen molar-refractivity contribution in [2.75, 3.05) is 0 Å². The van der Waals surface area contributed by atoms with Gasteiger partial charge in [0.15, 0.2) is 0 Å². The van der Waals surface area contributed by atoms with E-state index in [2.05, 4.69) is 0 Å². The Morgan fingerprint density at radius 2 is 2.18 bits per heavy atom. The van der Waals surface area contributed by atoms with Gasteiger partial charge in [-0.05, 0) is 43.0 Å². The Balaban J connectivity index is 2.15. The molecule has 0 saturated heterocycles. The maximum Gasteiger partial charge on any atom is 0.149 e. The van der Waals surface area contributed by atoms with Gasteiger partial charge in [-0.3, -0.25) is 4.79 Å². The van der Waals surface area contributed by atoms with E-state index in [0.717, 1.165) is 36.7 Å². The van der Waals surface area contributed by atoms with Crippen LogP contribution < -0.4 is 4.74 Å². The van der Waals surface area contributed by atoms with E-state index in [1.165, 1.54) is 12.1 Å². The smallest absolute Gasteiger partial charge is 0.149 e. The maximum atomic E-state index is 13.1. The monoisotopic (exact) mass is 230 g/mol. The fourth-order valence-electron chi connectivity index (χ4n) is 2.30. The van der Waals surface area contributed by atoms with Crippen LogP contribution in [0.15, 0.2) is 35.1 Å². The van der Waals surface area contributed by atoms with Crippen LogP contribution in [-0.4, -0.2) is 6.29 Å². The highest BCUT2D eigenvalue weighted by Gasteiger charge is 2.24. The molecule has 0 unspecified atom stereocenters. The van der Waals surface area contributed by atoms with E-state index in [-0.39, 0.29) is 5.82 Å². The number of hydrogen-bond acceptors (Lipinski definition) is 2. The Kier molecular flexibility index (Phi) is 2.32. The lowest BCUT2D eigenvalue weighted by Gasteiger charge is -2.25. The highest BCUT2D eigenvalue weighted by Crippen LogP contribution is 2.38. The van der Waals surface area contributed by atoms with Crippen LogP contribution in [0.1, 0.15) is 24.8 Å². The standard InChI is InChI=1S/C14H11FO2/c15-12-5-4-9-6-10-2-1-3-11(8-16)14(10)17-13(9)7-12/h4-8H,1-3H2. The van der Waals surface area contributed by atoms with E-state index in [9.17, 15) is 9.18 Å². The van der Waals surface area contributed by atoms with Crippen LogP contribution >= 0.6 is 0 Å². The Bertz CT molecular complexity index is 555. The minimum atomic E-state index is -0.329. The summed E-state index contributed by atoms with van der Waals surface area (Å²) in [6.45, 7) is 0. The average molecular weight is 230 g/mol. The third kappa shape index (κ3) is 1.68. The summed E-state index contributed by atoms with van der Waals surface area (Å²) in [7, 11) is 0. The van der Waals surface area contributed by atoms with Crippen molar-refractivity contribution < 1.29 is 13.9 Å². The van der Waals surface area contributed by atoms with Gasteiger partial charge >= 0.3 is 0 Å². The maximum absolute atomic E-state index is 13.1. The first kappa shape index (κ1) is 10.3. The first-order chi connectivity index (χ1) is 8.28. The molecule has 1 heterocycles. The molecule has 0 saturated carbocycles. The van der Waals surface area contributed by atoms with Crippen LogP contribution in [0.4, 0.5) is 4.39 Å². The molecule has 0 fully saturated rings. The number of halogens is 1. The molecule has 3 heteroatoms. The molecular formula is C14H11FO2. The normalized spacial score (nSPS) is 17.8. The van der Waals surface area contributed by atoms with Gasteiger partial charge in [-0.15, -0.1) is 0 Å². The van der Waals surface area contributed by atoms with Crippen LogP contribution in [0.5, 0.6) is 5.75 Å². The minimum absolute atomic E-state index is 0.329. The summed E-state index contributed by atoms with van der Waals surface area (Å²) < 4.78 is 18.8. The minimum Gasteiger partial charge on any atom is -0.456 e. The van der Waals surface area contributed by atoms with Gasteiger partial charge in [-0.2, -0.15) is 0 Å². The number of carbonyl (C=O) groups excluding carboxylic acids is 1. The van der Waals surface area contributed by atoms with Crippen LogP contribution in [0.3, 0.4) is 0 Å². The van der Waals surface area contributed by atoms with E-state index in [1.54, 1.807) is 6.07 Å². The molecule has 0 amide bonds. The summed E-state index contributed by atoms with van der Waals surface area (Å²) in [5.74, 6) is 0.791. The molecular weight excluding hydrogens is 219 g/mol. The summed E-state index contributed by atoms with van der Waals surface area (Å²) in [5.41, 5.74) is 2.59. The van der Waals surface area contributed by atoms with Gasteiger partial charge in [-0.1, -0.05) is 0 Å². The first-order valence-electron chi connectivity index (χ1n) is 5.64. The third-order valence-electron chi connectivity index (χ3n) is 3.14. The number of benzene rings is 1. The molecule has 86 valence electrons. The molecule has 2 aliphatic rings. The highest BCUT2D eigenvalue weighted by atomic mass is 19.1. The fraction of sp³-hybridized carbons (Fsp3) is 0.214. The second kappa shape index (κ2) is 3.84. The van der Waals surface area contributed by atoms with Crippen LogP contribution in [-0.2, 0) is 4.79 Å². The number of allylic oxidation sites excluding steroid dienone is 2. The quantitative estimate of drug-likeness (QED) is 0.692. The number of carbonyl (C=O) groups is 1. The van der Waals surface area contributed by atoms with E-state index in [1.807, 2.05) is 6.08 Å². The number of hydrogen-bond donors (Lipinski definition) is 0. The largest absolute Gasteiger partial charge is 0.456 e. The summed E-state index contributed by atoms with van der Waals surface area (Å²) in [4.78, 5) is 11.0. The molecule has 1 aromatic carbocycles. The van der Waals surface area contributed by atoms with Crippen molar-refractivity contribution in [3.8, 4) is 5.75 Å².